The molecule has 27 heavy (non-hydrogen) atoms. The van der Waals surface area contributed by atoms with Gasteiger partial charge in [0.1, 0.15) is 11.6 Å². The number of benzene rings is 2. The van der Waals surface area contributed by atoms with Gasteiger partial charge in [-0.2, -0.15) is 0 Å². The number of hydrogen-bond acceptors (Lipinski definition) is 1. The van der Waals surface area contributed by atoms with Crippen molar-refractivity contribution in [1.29, 1.82) is 0 Å². The van der Waals surface area contributed by atoms with Crippen LogP contribution in [0.1, 0.15) is 58.6 Å². The van der Waals surface area contributed by atoms with Crippen LogP contribution in [-0.4, -0.2) is 7.11 Å². The van der Waals surface area contributed by atoms with E-state index in [2.05, 4.69) is 58.9 Å². The summed E-state index contributed by atoms with van der Waals surface area (Å²) in [6.45, 7) is 11.3. The lowest BCUT2D eigenvalue weighted by molar-refractivity contribution is 0.411. The normalized spacial score (nSPS) is 16.3. The van der Waals surface area contributed by atoms with Crippen LogP contribution in [0.4, 0.5) is 4.39 Å². The molecule has 0 N–H and O–H groups in total. The predicted octanol–water partition coefficient (Wildman–Crippen LogP) is 7.29. The summed E-state index contributed by atoms with van der Waals surface area (Å²) in [6.07, 6.45) is 5.53. The van der Waals surface area contributed by atoms with Gasteiger partial charge in [0, 0.05) is 5.56 Å². The number of ether oxygens (including phenoxy) is 1. The molecular formula is C25H31FO. The van der Waals surface area contributed by atoms with Gasteiger partial charge in [-0.1, -0.05) is 58.9 Å². The van der Waals surface area contributed by atoms with Crippen LogP contribution in [0.3, 0.4) is 0 Å². The predicted molar refractivity (Wildman–Crippen MR) is 113 cm³/mol. The Balaban J connectivity index is 2.19. The van der Waals surface area contributed by atoms with Gasteiger partial charge in [-0.15, -0.1) is 0 Å². The van der Waals surface area contributed by atoms with Crippen LogP contribution < -0.4 is 4.74 Å². The molecule has 1 nitrogen and oxygen atoms in total. The summed E-state index contributed by atoms with van der Waals surface area (Å²) in [5.41, 5.74) is 5.65. The van der Waals surface area contributed by atoms with Gasteiger partial charge in [-0.25, -0.2) is 4.39 Å². The second-order valence-electron chi connectivity index (χ2n) is 9.50. The molecule has 2 aromatic rings. The fraction of sp³-hybridized carbons (Fsp3) is 0.440. The Morgan fingerprint density at radius 1 is 1.00 bits per heavy atom. The molecule has 0 aliphatic heterocycles. The SMILES string of the molecule is COc1ccc(F)c(-c2ccc(CC(C)(C)C)cc2C2=CCCC2(C)C)c1. The number of halogens is 1. The molecule has 2 heteroatoms. The quantitative estimate of drug-likeness (QED) is 0.552. The van der Waals surface area contributed by atoms with Crippen molar-refractivity contribution >= 4 is 5.57 Å². The van der Waals surface area contributed by atoms with E-state index in [9.17, 15) is 4.39 Å². The highest BCUT2D eigenvalue weighted by Crippen LogP contribution is 2.47. The van der Waals surface area contributed by atoms with Crippen LogP contribution in [-0.2, 0) is 6.42 Å². The third-order valence-electron chi connectivity index (χ3n) is 5.42. The molecule has 0 spiro atoms. The standard InChI is InChI=1S/C25H31FO/c1-24(2,3)16-17-9-11-19(21-15-18(27-6)10-12-23(21)26)20(14-17)22-8-7-13-25(22,4)5/h8-12,14-15H,7,13,16H2,1-6H3. The molecule has 3 rings (SSSR count). The first-order valence-corrected chi connectivity index (χ1v) is 9.79. The summed E-state index contributed by atoms with van der Waals surface area (Å²) < 4.78 is 20.1. The maximum atomic E-state index is 14.7. The molecule has 0 bridgehead atoms. The third kappa shape index (κ3) is 4.26. The van der Waals surface area contributed by atoms with E-state index in [4.69, 9.17) is 4.74 Å². The Kier molecular flexibility index (Phi) is 5.20. The molecule has 0 aromatic heterocycles. The average molecular weight is 367 g/mol. The van der Waals surface area contributed by atoms with Gasteiger partial charge < -0.3 is 4.74 Å². The molecular weight excluding hydrogens is 335 g/mol. The Morgan fingerprint density at radius 3 is 2.33 bits per heavy atom. The van der Waals surface area contributed by atoms with Gasteiger partial charge in [0.15, 0.2) is 0 Å². The van der Waals surface area contributed by atoms with Crippen LogP contribution in [0, 0.1) is 16.6 Å². The van der Waals surface area contributed by atoms with E-state index in [-0.39, 0.29) is 16.6 Å². The number of hydrogen-bond donors (Lipinski definition) is 0. The third-order valence-corrected chi connectivity index (χ3v) is 5.42. The van der Waals surface area contributed by atoms with Crippen molar-refractivity contribution in [2.24, 2.45) is 10.8 Å². The van der Waals surface area contributed by atoms with Gasteiger partial charge >= 0.3 is 0 Å². The molecule has 2 aromatic carbocycles. The molecule has 144 valence electrons. The largest absolute Gasteiger partial charge is 0.497 e. The van der Waals surface area contributed by atoms with Gasteiger partial charge in [0.2, 0.25) is 0 Å². The fourth-order valence-corrected chi connectivity index (χ4v) is 4.07. The van der Waals surface area contributed by atoms with Crippen LogP contribution in [0.5, 0.6) is 5.75 Å². The van der Waals surface area contributed by atoms with Crippen molar-refractivity contribution in [3.63, 3.8) is 0 Å². The minimum atomic E-state index is -0.211. The maximum Gasteiger partial charge on any atom is 0.131 e. The molecule has 0 atom stereocenters. The summed E-state index contributed by atoms with van der Waals surface area (Å²) in [5.74, 6) is 0.466. The average Bonchev–Trinajstić information content (AvgIpc) is 2.93. The first-order valence-electron chi connectivity index (χ1n) is 9.79. The summed E-state index contributed by atoms with van der Waals surface area (Å²) in [4.78, 5) is 0. The van der Waals surface area contributed by atoms with E-state index in [1.165, 1.54) is 17.2 Å². The van der Waals surface area contributed by atoms with E-state index in [1.807, 2.05) is 0 Å². The highest BCUT2D eigenvalue weighted by atomic mass is 19.1. The van der Waals surface area contributed by atoms with Crippen molar-refractivity contribution in [1.82, 2.24) is 0 Å². The zero-order chi connectivity index (χ0) is 19.8. The molecule has 0 amide bonds. The van der Waals surface area contributed by atoms with E-state index in [0.717, 1.165) is 30.4 Å². The number of methoxy groups -OCH3 is 1. The molecule has 0 saturated heterocycles. The van der Waals surface area contributed by atoms with Crippen molar-refractivity contribution in [2.45, 2.75) is 53.9 Å². The van der Waals surface area contributed by atoms with E-state index >= 15 is 0 Å². The van der Waals surface area contributed by atoms with Crippen molar-refractivity contribution in [2.75, 3.05) is 7.11 Å². The second-order valence-corrected chi connectivity index (χ2v) is 9.50. The lowest BCUT2D eigenvalue weighted by Gasteiger charge is -2.26. The first-order chi connectivity index (χ1) is 12.6. The van der Waals surface area contributed by atoms with Crippen LogP contribution in [0.15, 0.2) is 42.5 Å². The molecule has 0 radical (unpaired) electrons. The molecule has 0 saturated carbocycles. The highest BCUT2D eigenvalue weighted by molar-refractivity contribution is 5.85. The summed E-state index contributed by atoms with van der Waals surface area (Å²) in [5, 5.41) is 0. The van der Waals surface area contributed by atoms with Crippen molar-refractivity contribution in [3.8, 4) is 16.9 Å². The van der Waals surface area contributed by atoms with Gasteiger partial charge in [0.25, 0.3) is 0 Å². The van der Waals surface area contributed by atoms with E-state index in [0.29, 0.717) is 11.3 Å². The van der Waals surface area contributed by atoms with Gasteiger partial charge in [0.05, 0.1) is 7.11 Å². The highest BCUT2D eigenvalue weighted by Gasteiger charge is 2.30. The monoisotopic (exact) mass is 366 g/mol. The van der Waals surface area contributed by atoms with Crippen LogP contribution in [0.2, 0.25) is 0 Å². The molecule has 1 aliphatic rings. The van der Waals surface area contributed by atoms with Crippen molar-refractivity contribution < 1.29 is 9.13 Å². The Bertz CT molecular complexity index is 868. The number of allylic oxidation sites excluding steroid dienone is 2. The Hall–Kier alpha value is -2.09. The minimum Gasteiger partial charge on any atom is -0.497 e. The fourth-order valence-electron chi connectivity index (χ4n) is 4.07. The van der Waals surface area contributed by atoms with Gasteiger partial charge in [-0.05, 0) is 70.6 Å². The topological polar surface area (TPSA) is 9.23 Å². The van der Waals surface area contributed by atoms with E-state index < -0.39 is 0 Å². The zero-order valence-corrected chi connectivity index (χ0v) is 17.4. The van der Waals surface area contributed by atoms with Crippen LogP contribution in [0.25, 0.3) is 16.7 Å². The summed E-state index contributed by atoms with van der Waals surface area (Å²) in [7, 11) is 1.62. The summed E-state index contributed by atoms with van der Waals surface area (Å²) in [6, 6.07) is 11.5. The van der Waals surface area contributed by atoms with Crippen molar-refractivity contribution in [3.05, 3.63) is 59.4 Å². The molecule has 0 heterocycles. The second kappa shape index (κ2) is 7.14. The lowest BCUT2D eigenvalue weighted by Crippen LogP contribution is -2.12. The molecule has 1 aliphatic carbocycles. The molecule has 0 fully saturated rings. The first kappa shape index (κ1) is 19.7. The Labute approximate surface area is 163 Å². The smallest absolute Gasteiger partial charge is 0.131 e. The maximum absolute atomic E-state index is 14.7. The Morgan fingerprint density at radius 2 is 1.74 bits per heavy atom. The van der Waals surface area contributed by atoms with Gasteiger partial charge in [-0.3, -0.25) is 0 Å². The molecule has 0 unspecified atom stereocenters. The van der Waals surface area contributed by atoms with Crippen LogP contribution >= 0.6 is 0 Å². The number of rotatable bonds is 4. The van der Waals surface area contributed by atoms with E-state index in [1.54, 1.807) is 19.2 Å². The summed E-state index contributed by atoms with van der Waals surface area (Å²) >= 11 is 0. The lowest BCUT2D eigenvalue weighted by atomic mass is 9.78. The zero-order valence-electron chi connectivity index (χ0n) is 17.4. The minimum absolute atomic E-state index is 0.102.